The Labute approximate surface area is 654 Å². The maximum absolute atomic E-state index is 12.4. The van der Waals surface area contributed by atoms with Crippen LogP contribution in [0.3, 0.4) is 0 Å². The molecule has 5 fully saturated rings. The highest BCUT2D eigenvalue weighted by Crippen LogP contribution is 2.42. The normalized spacial score (nSPS) is 19.1. The lowest BCUT2D eigenvalue weighted by Crippen LogP contribution is -2.40. The van der Waals surface area contributed by atoms with E-state index in [9.17, 15) is 33.6 Å². The summed E-state index contributed by atoms with van der Waals surface area (Å²) in [7, 11) is 0. The molecule has 0 spiro atoms. The second-order valence-corrected chi connectivity index (χ2v) is 39.3. The summed E-state index contributed by atoms with van der Waals surface area (Å²) < 4.78 is 39.6. The molecule has 0 aromatic carbocycles. The van der Waals surface area contributed by atoms with Crippen LogP contribution >= 0.6 is 0 Å². The topological polar surface area (TPSA) is 184 Å². The minimum absolute atomic E-state index is 0.0143. The molecule has 0 unspecified atom stereocenters. The van der Waals surface area contributed by atoms with Gasteiger partial charge in [-0.25, -0.2) is 0 Å². The molecular weight excluding hydrogens is 1330 g/mol. The van der Waals surface area contributed by atoms with Gasteiger partial charge in [-0.1, -0.05) is 127 Å². The van der Waals surface area contributed by atoms with E-state index in [1.54, 1.807) is 0 Å². The van der Waals surface area contributed by atoms with Crippen molar-refractivity contribution in [1.29, 1.82) is 0 Å². The van der Waals surface area contributed by atoms with E-state index in [1.165, 1.54) is 122 Å². The van der Waals surface area contributed by atoms with Gasteiger partial charge in [0.1, 0.15) is 39.2 Å². The second-order valence-electron chi connectivity index (χ2n) is 39.3. The SMILES string of the molecule is CCC(C)(C)C(=O)OC(C)(C)C.CCC(C)(C)C(=O)OC1(C)CCCC1.CCC(C)(C)C(=O)OC1(C)CCCCC1.CCC(C)(C)C(=O)OC1(C)CCCCCCCCCCC1.CCC(C)(C)OC(=O)C(C)(C)CC.CCC1(OC(=O)C(C)(C)CC)CCCC1.CCC1(OC(=O)C(C)(C)CC)CCCCC1. The fourth-order valence-corrected chi connectivity index (χ4v) is 12.0. The Morgan fingerprint density at radius 2 is 0.396 bits per heavy atom. The van der Waals surface area contributed by atoms with Crippen molar-refractivity contribution in [3.05, 3.63) is 0 Å². The molecule has 0 N–H and O–H groups in total. The van der Waals surface area contributed by atoms with Crippen molar-refractivity contribution >= 4 is 41.8 Å². The zero-order valence-electron chi connectivity index (χ0n) is 75.8. The number of esters is 7. The summed E-state index contributed by atoms with van der Waals surface area (Å²) >= 11 is 0. The fraction of sp³-hybridized carbons (Fsp3) is 0.924. The average molecular weight is 1500 g/mol. The molecule has 14 heteroatoms. The van der Waals surface area contributed by atoms with Crippen molar-refractivity contribution in [2.45, 2.75) is 511 Å². The third-order valence-electron chi connectivity index (χ3n) is 24.9. The van der Waals surface area contributed by atoms with Crippen LogP contribution in [0.1, 0.15) is 472 Å². The molecule has 0 aromatic heterocycles. The fourth-order valence-electron chi connectivity index (χ4n) is 12.0. The van der Waals surface area contributed by atoms with Gasteiger partial charge >= 0.3 is 41.8 Å². The molecule has 0 atom stereocenters. The van der Waals surface area contributed by atoms with Crippen molar-refractivity contribution < 1.29 is 66.7 Å². The van der Waals surface area contributed by atoms with Crippen molar-refractivity contribution in [3.63, 3.8) is 0 Å². The summed E-state index contributed by atoms with van der Waals surface area (Å²) in [5.74, 6) is -0.328. The minimum atomic E-state index is -0.372. The van der Waals surface area contributed by atoms with Gasteiger partial charge in [0.25, 0.3) is 0 Å². The first kappa shape index (κ1) is 104. The monoisotopic (exact) mass is 1500 g/mol. The summed E-state index contributed by atoms with van der Waals surface area (Å²) in [4.78, 5) is 83.4. The smallest absolute Gasteiger partial charge is 0.312 e. The Morgan fingerprint density at radius 1 is 0.226 bits per heavy atom. The van der Waals surface area contributed by atoms with Gasteiger partial charge in [0.2, 0.25) is 0 Å². The molecule has 106 heavy (non-hydrogen) atoms. The van der Waals surface area contributed by atoms with Gasteiger partial charge in [0.05, 0.1) is 37.9 Å². The molecule has 14 nitrogen and oxygen atoms in total. The van der Waals surface area contributed by atoms with Crippen LogP contribution in [0, 0.1) is 37.9 Å². The molecule has 0 heterocycles. The molecule has 0 radical (unpaired) electrons. The van der Waals surface area contributed by atoms with Gasteiger partial charge < -0.3 is 33.2 Å². The van der Waals surface area contributed by atoms with Crippen LogP contribution in [0.25, 0.3) is 0 Å². The number of ether oxygens (including phenoxy) is 7. The quantitative estimate of drug-likeness (QED) is 0.0695. The highest BCUT2D eigenvalue weighted by molar-refractivity contribution is 5.79. The van der Waals surface area contributed by atoms with E-state index in [0.29, 0.717) is 0 Å². The number of hydrogen-bond acceptors (Lipinski definition) is 14. The molecule has 5 aliphatic carbocycles. The van der Waals surface area contributed by atoms with E-state index in [4.69, 9.17) is 33.2 Å². The zero-order valence-corrected chi connectivity index (χ0v) is 75.8. The van der Waals surface area contributed by atoms with Gasteiger partial charge in [0, 0.05) is 0 Å². The Balaban J connectivity index is 0. The molecule has 0 aromatic rings. The van der Waals surface area contributed by atoms with E-state index < -0.39 is 0 Å². The Morgan fingerprint density at radius 3 is 0.604 bits per heavy atom. The third-order valence-corrected chi connectivity index (χ3v) is 24.9. The summed E-state index contributed by atoms with van der Waals surface area (Å²) in [5, 5.41) is 0. The van der Waals surface area contributed by atoms with Crippen LogP contribution in [-0.4, -0.2) is 81.0 Å². The standard InChI is InChI=1S/C19H36O2.C14H26O2.2C13H24O2.C12H22O2.C11H22O2.C10H20O2/c1-5-18(2,3)17(20)21-19(4)15-13-11-9-7-6-8-10-12-14-16-19;1-5-13(3,4)12(15)16-14(6-2)10-8-7-9-11-14;1-5-12(2,3)11(14)15-13(4)9-7-6-8-10-13;1-5-12(3,4)11(14)15-13(6-2)9-7-8-10-13;1-5-11(2,3)10(13)14-12(4)8-6-7-9-12;1-7-10(3,4)9(12)13-11(5,6)8-2;1-7-10(5,6)8(11)12-9(2,3)4/h5-16H2,1-4H3;5-11H2,1-4H3;2*5-10H2,1-4H3;5-9H2,1-4H3;7-8H2,1-6H3;7H2,1-6H3. The van der Waals surface area contributed by atoms with E-state index >= 15 is 0 Å². The molecule has 0 aliphatic heterocycles. The highest BCUT2D eigenvalue weighted by Gasteiger charge is 2.43. The van der Waals surface area contributed by atoms with Crippen LogP contribution in [-0.2, 0) is 66.7 Å². The number of carbonyl (C=O) groups excluding carboxylic acids is 7. The number of rotatable bonds is 23. The maximum Gasteiger partial charge on any atom is 0.312 e. The van der Waals surface area contributed by atoms with Gasteiger partial charge in [-0.2, -0.15) is 0 Å². The summed E-state index contributed by atoms with van der Waals surface area (Å²) in [6.45, 7) is 63.6. The maximum atomic E-state index is 12.4. The van der Waals surface area contributed by atoms with Crippen LogP contribution < -0.4 is 0 Å². The molecule has 626 valence electrons. The molecule has 5 aliphatic rings. The van der Waals surface area contributed by atoms with Gasteiger partial charge in [-0.3, -0.25) is 33.6 Å². The van der Waals surface area contributed by atoms with Crippen molar-refractivity contribution in [1.82, 2.24) is 0 Å². The second kappa shape index (κ2) is 47.0. The average Bonchev–Trinajstić information content (AvgIpc) is 1.73. The molecule has 5 rings (SSSR count). The highest BCUT2D eigenvalue weighted by atomic mass is 16.6. The van der Waals surface area contributed by atoms with E-state index in [1.807, 2.05) is 180 Å². The molecule has 0 amide bonds. The molecule has 5 saturated carbocycles. The van der Waals surface area contributed by atoms with E-state index in [0.717, 1.165) is 128 Å². The van der Waals surface area contributed by atoms with Gasteiger partial charge in [-0.15, -0.1) is 0 Å². The van der Waals surface area contributed by atoms with Gasteiger partial charge in [0.15, 0.2) is 0 Å². The van der Waals surface area contributed by atoms with E-state index in [-0.39, 0.29) is 119 Å². The van der Waals surface area contributed by atoms with Crippen LogP contribution in [0.4, 0.5) is 0 Å². The molecule has 0 bridgehead atoms. The van der Waals surface area contributed by atoms with Crippen molar-refractivity contribution in [2.75, 3.05) is 0 Å². The zero-order chi connectivity index (χ0) is 82.6. The first-order chi connectivity index (χ1) is 48.5. The van der Waals surface area contributed by atoms with Crippen LogP contribution in [0.15, 0.2) is 0 Å². The summed E-state index contributed by atoms with van der Waals surface area (Å²) in [5.41, 5.74) is -3.99. The lowest BCUT2D eigenvalue weighted by Gasteiger charge is -2.38. The predicted molar refractivity (Wildman–Crippen MR) is 440 cm³/mol. The lowest BCUT2D eigenvalue weighted by molar-refractivity contribution is -0.175. The molecular formula is C92H174O14. The summed E-state index contributed by atoms with van der Waals surface area (Å²) in [6.07, 6.45) is 42.8. The van der Waals surface area contributed by atoms with Crippen LogP contribution in [0.5, 0.6) is 0 Å². The number of carbonyl (C=O) groups is 7. The Hall–Kier alpha value is -3.71. The largest absolute Gasteiger partial charge is 0.460 e. The lowest BCUT2D eigenvalue weighted by atomic mass is 9.82. The van der Waals surface area contributed by atoms with Crippen molar-refractivity contribution in [3.8, 4) is 0 Å². The first-order valence-corrected chi connectivity index (χ1v) is 43.2. The van der Waals surface area contributed by atoms with E-state index in [2.05, 4.69) is 41.5 Å². The van der Waals surface area contributed by atoms with Gasteiger partial charge in [-0.05, 0) is 345 Å². The summed E-state index contributed by atoms with van der Waals surface area (Å²) in [6, 6.07) is 0. The van der Waals surface area contributed by atoms with Crippen molar-refractivity contribution in [2.24, 2.45) is 37.9 Å². The Bertz CT molecular complexity index is 2500. The Kier molecular flexibility index (Phi) is 46.2. The van der Waals surface area contributed by atoms with Crippen LogP contribution in [0.2, 0.25) is 0 Å². The number of hydrogen-bond donors (Lipinski definition) is 0. The molecule has 0 saturated heterocycles. The first-order valence-electron chi connectivity index (χ1n) is 43.2. The third kappa shape index (κ3) is 40.0. The minimum Gasteiger partial charge on any atom is -0.460 e. The predicted octanol–water partition coefficient (Wildman–Crippen LogP) is 26.7.